The molecular formula is C15H29OS-. The zero-order valence-electron chi connectivity index (χ0n) is 11.7. The van der Waals surface area contributed by atoms with Gasteiger partial charge in [-0.2, -0.15) is 0 Å². The Morgan fingerprint density at radius 2 is 1.29 bits per heavy atom. The molecule has 1 atom stereocenters. The van der Waals surface area contributed by atoms with Crippen molar-refractivity contribution >= 4 is 17.7 Å². The topological polar surface area (TPSA) is 17.1 Å². The van der Waals surface area contributed by atoms with Crippen molar-refractivity contribution in [2.75, 3.05) is 0 Å². The van der Waals surface area contributed by atoms with Crippen molar-refractivity contribution in [3.8, 4) is 0 Å². The number of carbonyl (C=O) groups is 1. The van der Waals surface area contributed by atoms with E-state index in [1.807, 2.05) is 6.92 Å². The molecule has 1 nitrogen and oxygen atoms in total. The van der Waals surface area contributed by atoms with Gasteiger partial charge in [0.2, 0.25) is 0 Å². The van der Waals surface area contributed by atoms with Gasteiger partial charge in [0.05, 0.1) is 0 Å². The first-order valence-electron chi connectivity index (χ1n) is 7.39. The van der Waals surface area contributed by atoms with E-state index < -0.39 is 0 Å². The molecule has 0 aromatic heterocycles. The second-order valence-electron chi connectivity index (χ2n) is 5.19. The SMILES string of the molecule is CCCCCCCCCCCCC(C)C(=O)[S-]. The summed E-state index contributed by atoms with van der Waals surface area (Å²) in [6.07, 6.45) is 14.5. The average molecular weight is 257 g/mol. The van der Waals surface area contributed by atoms with E-state index in [1.165, 1.54) is 64.2 Å². The standard InChI is InChI=1S/C15H30OS/c1-3-4-5-6-7-8-9-10-11-12-13-14(2)15(16)17/h14H,3-13H2,1-2H3,(H,16,17)/p-1. The van der Waals surface area contributed by atoms with Crippen molar-refractivity contribution in [3.05, 3.63) is 0 Å². The lowest BCUT2D eigenvalue weighted by Crippen LogP contribution is -2.06. The van der Waals surface area contributed by atoms with E-state index >= 15 is 0 Å². The van der Waals surface area contributed by atoms with Crippen LogP contribution in [-0.2, 0) is 17.4 Å². The highest BCUT2D eigenvalue weighted by atomic mass is 32.1. The molecule has 0 aromatic rings. The van der Waals surface area contributed by atoms with E-state index in [-0.39, 0.29) is 11.0 Å². The number of rotatable bonds is 12. The molecule has 0 heterocycles. The van der Waals surface area contributed by atoms with Crippen molar-refractivity contribution in [1.82, 2.24) is 0 Å². The molecule has 102 valence electrons. The fourth-order valence-corrected chi connectivity index (χ4v) is 2.17. The fraction of sp³-hybridized carbons (Fsp3) is 0.933. The Labute approximate surface area is 113 Å². The maximum absolute atomic E-state index is 10.8. The summed E-state index contributed by atoms with van der Waals surface area (Å²) in [5.41, 5.74) is 0. The Kier molecular flexibility index (Phi) is 12.3. The third-order valence-electron chi connectivity index (χ3n) is 3.39. The molecule has 0 aliphatic rings. The summed E-state index contributed by atoms with van der Waals surface area (Å²) in [6, 6.07) is 0. The molecular weight excluding hydrogens is 228 g/mol. The molecule has 0 aliphatic heterocycles. The highest BCUT2D eigenvalue weighted by Gasteiger charge is 2.00. The number of hydrogen-bond donors (Lipinski definition) is 0. The third kappa shape index (κ3) is 12.1. The van der Waals surface area contributed by atoms with Gasteiger partial charge in [0.25, 0.3) is 0 Å². The van der Waals surface area contributed by atoms with E-state index in [0.717, 1.165) is 6.42 Å². The van der Waals surface area contributed by atoms with Crippen LogP contribution in [0.3, 0.4) is 0 Å². The van der Waals surface area contributed by atoms with Gasteiger partial charge in [-0.15, -0.1) is 0 Å². The van der Waals surface area contributed by atoms with Crippen LogP contribution in [-0.4, -0.2) is 5.12 Å². The first-order valence-corrected chi connectivity index (χ1v) is 7.80. The van der Waals surface area contributed by atoms with E-state index in [1.54, 1.807) is 0 Å². The fourth-order valence-electron chi connectivity index (χ4n) is 2.06. The zero-order valence-corrected chi connectivity index (χ0v) is 12.5. The van der Waals surface area contributed by atoms with Crippen molar-refractivity contribution in [1.29, 1.82) is 0 Å². The largest absolute Gasteiger partial charge is 0.742 e. The summed E-state index contributed by atoms with van der Waals surface area (Å²) in [5.74, 6) is 0.0963. The van der Waals surface area contributed by atoms with Crippen LogP contribution in [0.1, 0.15) is 84.5 Å². The van der Waals surface area contributed by atoms with Crippen LogP contribution in [0.2, 0.25) is 0 Å². The summed E-state index contributed by atoms with van der Waals surface area (Å²) in [4.78, 5) is 10.8. The molecule has 1 unspecified atom stereocenters. The minimum atomic E-state index is -0.0686. The lowest BCUT2D eigenvalue weighted by Gasteiger charge is -2.13. The van der Waals surface area contributed by atoms with E-state index in [2.05, 4.69) is 19.6 Å². The number of hydrogen-bond acceptors (Lipinski definition) is 2. The number of unbranched alkanes of at least 4 members (excludes halogenated alkanes) is 9. The van der Waals surface area contributed by atoms with Gasteiger partial charge < -0.3 is 17.4 Å². The maximum atomic E-state index is 10.8. The lowest BCUT2D eigenvalue weighted by molar-refractivity contribution is -0.114. The molecule has 0 aromatic carbocycles. The molecule has 0 aliphatic carbocycles. The summed E-state index contributed by atoms with van der Waals surface area (Å²) < 4.78 is 0. The molecule has 17 heavy (non-hydrogen) atoms. The Morgan fingerprint density at radius 1 is 0.882 bits per heavy atom. The van der Waals surface area contributed by atoms with Crippen LogP contribution in [0.25, 0.3) is 0 Å². The maximum Gasteiger partial charge on any atom is 0.0148 e. The van der Waals surface area contributed by atoms with Crippen molar-refractivity contribution < 1.29 is 4.79 Å². The molecule has 0 spiro atoms. The van der Waals surface area contributed by atoms with Crippen LogP contribution in [0.4, 0.5) is 0 Å². The molecule has 0 rings (SSSR count). The van der Waals surface area contributed by atoms with Gasteiger partial charge in [-0.05, 0) is 12.3 Å². The molecule has 0 saturated carbocycles. The average Bonchev–Trinajstić information content (AvgIpc) is 2.31. The Hall–Kier alpha value is -0.110. The molecule has 0 bridgehead atoms. The van der Waals surface area contributed by atoms with Crippen molar-refractivity contribution in [2.45, 2.75) is 84.5 Å². The first kappa shape index (κ1) is 16.9. The van der Waals surface area contributed by atoms with Crippen LogP contribution in [0.15, 0.2) is 0 Å². The Balaban J connectivity index is 3.06. The van der Waals surface area contributed by atoms with Crippen LogP contribution in [0, 0.1) is 5.92 Å². The van der Waals surface area contributed by atoms with Gasteiger partial charge in [0.15, 0.2) is 0 Å². The minimum Gasteiger partial charge on any atom is -0.742 e. The van der Waals surface area contributed by atoms with E-state index in [4.69, 9.17) is 0 Å². The van der Waals surface area contributed by atoms with Gasteiger partial charge in [-0.25, -0.2) is 0 Å². The molecule has 0 N–H and O–H groups in total. The monoisotopic (exact) mass is 257 g/mol. The smallest absolute Gasteiger partial charge is 0.0148 e. The summed E-state index contributed by atoms with van der Waals surface area (Å²) >= 11 is 4.63. The van der Waals surface area contributed by atoms with Gasteiger partial charge >= 0.3 is 0 Å². The van der Waals surface area contributed by atoms with Gasteiger partial charge in [-0.3, -0.25) is 0 Å². The second-order valence-corrected chi connectivity index (χ2v) is 5.59. The summed E-state index contributed by atoms with van der Waals surface area (Å²) in [5, 5.41) is -0.0686. The quantitative estimate of drug-likeness (QED) is 0.361. The summed E-state index contributed by atoms with van der Waals surface area (Å²) in [6.45, 7) is 4.21. The second kappa shape index (κ2) is 12.3. The lowest BCUT2D eigenvalue weighted by atomic mass is 10.0. The highest BCUT2D eigenvalue weighted by molar-refractivity contribution is 7.77. The highest BCUT2D eigenvalue weighted by Crippen LogP contribution is 2.13. The van der Waals surface area contributed by atoms with E-state index in [9.17, 15) is 4.79 Å². The third-order valence-corrected chi connectivity index (χ3v) is 3.80. The molecule has 0 saturated heterocycles. The molecule has 0 fully saturated rings. The van der Waals surface area contributed by atoms with Gasteiger partial charge in [0, 0.05) is 5.12 Å². The van der Waals surface area contributed by atoms with Crippen LogP contribution in [0.5, 0.6) is 0 Å². The van der Waals surface area contributed by atoms with Crippen LogP contribution < -0.4 is 0 Å². The Morgan fingerprint density at radius 3 is 1.71 bits per heavy atom. The predicted molar refractivity (Wildman–Crippen MR) is 78.0 cm³/mol. The Bertz CT molecular complexity index is 180. The van der Waals surface area contributed by atoms with Crippen molar-refractivity contribution in [2.24, 2.45) is 5.92 Å². The van der Waals surface area contributed by atoms with Gasteiger partial charge in [-0.1, -0.05) is 78.1 Å². The van der Waals surface area contributed by atoms with E-state index in [0.29, 0.717) is 0 Å². The zero-order chi connectivity index (χ0) is 12.9. The molecule has 2 heteroatoms. The predicted octanol–water partition coefficient (Wildman–Crippen LogP) is 5.01. The van der Waals surface area contributed by atoms with Gasteiger partial charge in [0.1, 0.15) is 0 Å². The summed E-state index contributed by atoms with van der Waals surface area (Å²) in [7, 11) is 0. The first-order chi connectivity index (χ1) is 8.18. The molecule has 0 amide bonds. The molecule has 0 radical (unpaired) electrons. The van der Waals surface area contributed by atoms with Crippen molar-refractivity contribution in [3.63, 3.8) is 0 Å². The minimum absolute atomic E-state index is 0.0686. The number of carbonyl (C=O) groups excluding carboxylic acids is 1. The normalized spacial score (nSPS) is 12.6. The van der Waals surface area contributed by atoms with Crippen LogP contribution >= 0.6 is 0 Å².